The summed E-state index contributed by atoms with van der Waals surface area (Å²) in [5.41, 5.74) is -2.47. The van der Waals surface area contributed by atoms with E-state index in [1.807, 2.05) is 0 Å². The van der Waals surface area contributed by atoms with E-state index >= 15 is 0 Å². The summed E-state index contributed by atoms with van der Waals surface area (Å²) in [4.78, 5) is 24.2. The van der Waals surface area contributed by atoms with E-state index < -0.39 is 53.0 Å². The molecule has 1 aliphatic rings. The number of carbonyl (C=O) groups is 2. The maximum absolute atomic E-state index is 13.2. The average Bonchev–Trinajstić information content (AvgIpc) is 2.94. The molecule has 0 aromatic heterocycles. The highest BCUT2D eigenvalue weighted by molar-refractivity contribution is 7.89. The number of carboxylic acids is 1. The van der Waals surface area contributed by atoms with Crippen molar-refractivity contribution in [1.82, 2.24) is 4.90 Å². The second kappa shape index (κ2) is 6.23. The summed E-state index contributed by atoms with van der Waals surface area (Å²) in [7, 11) is -4.14. The third kappa shape index (κ3) is 3.28. The summed E-state index contributed by atoms with van der Waals surface area (Å²) in [6, 6.07) is 2.33. The average molecular weight is 394 g/mol. The first-order chi connectivity index (χ1) is 11.7. The molecule has 11 heteroatoms. The molecule has 26 heavy (non-hydrogen) atoms. The minimum Gasteiger partial charge on any atom is -0.481 e. The van der Waals surface area contributed by atoms with Gasteiger partial charge in [0.1, 0.15) is 0 Å². The molecule has 1 aromatic carbocycles. The van der Waals surface area contributed by atoms with Crippen LogP contribution < -0.4 is 5.14 Å². The van der Waals surface area contributed by atoms with E-state index in [2.05, 4.69) is 0 Å². The molecule has 1 saturated heterocycles. The van der Waals surface area contributed by atoms with Crippen LogP contribution in [0.5, 0.6) is 0 Å². The van der Waals surface area contributed by atoms with Crippen molar-refractivity contribution in [2.75, 3.05) is 13.1 Å². The second-order valence-electron chi connectivity index (χ2n) is 6.32. The van der Waals surface area contributed by atoms with E-state index in [0.717, 1.165) is 11.0 Å². The van der Waals surface area contributed by atoms with Gasteiger partial charge in [-0.25, -0.2) is 13.6 Å². The fraction of sp³-hybridized carbons (Fsp3) is 0.467. The fourth-order valence-electron chi connectivity index (χ4n) is 2.94. The summed E-state index contributed by atoms with van der Waals surface area (Å²) >= 11 is 0. The Bertz CT molecular complexity index is 882. The predicted molar refractivity (Wildman–Crippen MR) is 83.9 cm³/mol. The van der Waals surface area contributed by atoms with Gasteiger partial charge < -0.3 is 10.0 Å². The molecule has 3 N–H and O–H groups in total. The molecule has 0 radical (unpaired) electrons. The number of amides is 1. The van der Waals surface area contributed by atoms with Gasteiger partial charge in [0.2, 0.25) is 10.0 Å². The van der Waals surface area contributed by atoms with Crippen molar-refractivity contribution in [3.05, 3.63) is 28.8 Å². The maximum atomic E-state index is 13.2. The highest BCUT2D eigenvalue weighted by Crippen LogP contribution is 2.46. The highest BCUT2D eigenvalue weighted by Gasteiger charge is 2.64. The lowest BCUT2D eigenvalue weighted by Crippen LogP contribution is -2.47. The molecule has 1 amide bonds. The second-order valence-corrected chi connectivity index (χ2v) is 7.85. The van der Waals surface area contributed by atoms with Gasteiger partial charge in [0.25, 0.3) is 5.91 Å². The predicted octanol–water partition coefficient (Wildman–Crippen LogP) is 1.43. The van der Waals surface area contributed by atoms with Crippen molar-refractivity contribution in [2.45, 2.75) is 31.3 Å². The van der Waals surface area contributed by atoms with Crippen LogP contribution in [0, 0.1) is 19.3 Å². The lowest BCUT2D eigenvalue weighted by Gasteiger charge is -2.27. The van der Waals surface area contributed by atoms with E-state index in [1.165, 1.54) is 19.9 Å². The number of nitrogens with two attached hydrogens (primary N) is 1. The highest BCUT2D eigenvalue weighted by atomic mass is 32.2. The van der Waals surface area contributed by atoms with E-state index in [-0.39, 0.29) is 10.5 Å². The van der Waals surface area contributed by atoms with Crippen LogP contribution in [0.15, 0.2) is 17.0 Å². The standard InChI is InChI=1S/C15H17F3N2O5S/c1-8-5-10(6-11(9(8)2)26(19,24)25)12(21)20-4-3-14(7-20,13(22)23)15(16,17)18/h5-6H,3-4,7H2,1-2H3,(H,22,23)(H2,19,24,25). The molecule has 0 bridgehead atoms. The Morgan fingerprint density at radius 2 is 1.85 bits per heavy atom. The number of nitrogens with zero attached hydrogens (tertiary/aromatic N) is 1. The van der Waals surface area contributed by atoms with E-state index in [0.29, 0.717) is 11.1 Å². The van der Waals surface area contributed by atoms with Crippen LogP contribution in [0.2, 0.25) is 0 Å². The molecule has 1 heterocycles. The molecule has 1 atom stereocenters. The zero-order chi connectivity index (χ0) is 20.1. The quantitative estimate of drug-likeness (QED) is 0.804. The third-order valence-electron chi connectivity index (χ3n) is 4.68. The zero-order valence-corrected chi connectivity index (χ0v) is 14.7. The Labute approximate surface area is 147 Å². The summed E-state index contributed by atoms with van der Waals surface area (Å²) in [5, 5.41) is 14.2. The summed E-state index contributed by atoms with van der Waals surface area (Å²) < 4.78 is 63.0. The smallest absolute Gasteiger partial charge is 0.406 e. The minimum atomic E-state index is -5.02. The molecule has 144 valence electrons. The van der Waals surface area contributed by atoms with Gasteiger partial charge in [0.05, 0.1) is 4.90 Å². The number of likely N-dealkylation sites (tertiary alicyclic amines) is 1. The van der Waals surface area contributed by atoms with Crippen LogP contribution in [-0.2, 0) is 14.8 Å². The number of aliphatic carboxylic acids is 1. The monoisotopic (exact) mass is 394 g/mol. The number of alkyl halides is 3. The first-order valence-corrected chi connectivity index (χ1v) is 8.99. The van der Waals surface area contributed by atoms with Crippen LogP contribution in [0.25, 0.3) is 0 Å². The lowest BCUT2D eigenvalue weighted by atomic mass is 9.86. The van der Waals surface area contributed by atoms with E-state index in [4.69, 9.17) is 10.2 Å². The number of carboxylic acid groups (broad SMARTS) is 1. The summed E-state index contributed by atoms with van der Waals surface area (Å²) in [6.45, 7) is 1.56. The molecule has 1 aliphatic heterocycles. The van der Waals surface area contributed by atoms with Crippen molar-refractivity contribution in [1.29, 1.82) is 0 Å². The van der Waals surface area contributed by atoms with Gasteiger partial charge >= 0.3 is 12.1 Å². The largest absolute Gasteiger partial charge is 0.481 e. The van der Waals surface area contributed by atoms with Crippen molar-refractivity contribution >= 4 is 21.9 Å². The molecule has 7 nitrogen and oxygen atoms in total. The van der Waals surface area contributed by atoms with Crippen LogP contribution in [-0.4, -0.2) is 49.6 Å². The minimum absolute atomic E-state index is 0.166. The molecule has 0 aliphatic carbocycles. The van der Waals surface area contributed by atoms with E-state index in [9.17, 15) is 31.2 Å². The number of carbonyl (C=O) groups excluding carboxylic acids is 1. The zero-order valence-electron chi connectivity index (χ0n) is 13.9. The van der Waals surface area contributed by atoms with Gasteiger partial charge in [0, 0.05) is 18.7 Å². The van der Waals surface area contributed by atoms with Crippen molar-refractivity contribution < 1.29 is 36.3 Å². The van der Waals surface area contributed by atoms with E-state index in [1.54, 1.807) is 0 Å². The fourth-order valence-corrected chi connectivity index (χ4v) is 3.82. The normalized spacial score (nSPS) is 21.1. The Balaban J connectivity index is 2.43. The van der Waals surface area contributed by atoms with Crippen LogP contribution >= 0.6 is 0 Å². The number of halogens is 3. The molecular weight excluding hydrogens is 377 g/mol. The summed E-state index contributed by atoms with van der Waals surface area (Å²) in [5.74, 6) is -2.93. The Hall–Kier alpha value is -2.14. The van der Waals surface area contributed by atoms with Crippen LogP contribution in [0.1, 0.15) is 27.9 Å². The Kier molecular flexibility index (Phi) is 4.84. The molecule has 1 fully saturated rings. The van der Waals surface area contributed by atoms with Crippen LogP contribution in [0.4, 0.5) is 13.2 Å². The topological polar surface area (TPSA) is 118 Å². The summed E-state index contributed by atoms with van der Waals surface area (Å²) in [6.07, 6.45) is -5.80. The van der Waals surface area contributed by atoms with Crippen molar-refractivity contribution in [3.8, 4) is 0 Å². The molecule has 2 rings (SSSR count). The SMILES string of the molecule is Cc1cc(C(=O)N2CCC(C(=O)O)(C(F)(F)F)C2)cc(S(N)(=O)=O)c1C. The number of rotatable bonds is 3. The molecule has 1 unspecified atom stereocenters. The Morgan fingerprint density at radius 1 is 1.27 bits per heavy atom. The van der Waals surface area contributed by atoms with Gasteiger partial charge in [-0.1, -0.05) is 0 Å². The lowest BCUT2D eigenvalue weighted by molar-refractivity contribution is -0.227. The van der Waals surface area contributed by atoms with Crippen molar-refractivity contribution in [2.24, 2.45) is 10.6 Å². The van der Waals surface area contributed by atoms with Gasteiger partial charge in [-0.2, -0.15) is 13.2 Å². The van der Waals surface area contributed by atoms with Crippen molar-refractivity contribution in [3.63, 3.8) is 0 Å². The van der Waals surface area contributed by atoms with Gasteiger partial charge in [-0.3, -0.25) is 9.59 Å². The van der Waals surface area contributed by atoms with Gasteiger partial charge in [-0.05, 0) is 43.5 Å². The first kappa shape index (κ1) is 20.2. The molecule has 1 aromatic rings. The number of primary sulfonamides is 1. The maximum Gasteiger partial charge on any atom is 0.406 e. The number of aryl methyl sites for hydroxylation is 1. The van der Waals surface area contributed by atoms with Gasteiger partial charge in [0.15, 0.2) is 5.41 Å². The number of benzene rings is 1. The number of hydrogen-bond acceptors (Lipinski definition) is 4. The first-order valence-electron chi connectivity index (χ1n) is 7.44. The molecular formula is C15H17F3N2O5S. The number of hydrogen-bond donors (Lipinski definition) is 2. The third-order valence-corrected chi connectivity index (χ3v) is 5.72. The van der Waals surface area contributed by atoms with Crippen LogP contribution in [0.3, 0.4) is 0 Å². The Morgan fingerprint density at radius 3 is 2.27 bits per heavy atom. The van der Waals surface area contributed by atoms with Gasteiger partial charge in [-0.15, -0.1) is 0 Å². The molecule has 0 saturated carbocycles. The molecule has 0 spiro atoms. The number of sulfonamides is 1.